The van der Waals surface area contributed by atoms with Gasteiger partial charge in [0.25, 0.3) is 10.0 Å². The topological polar surface area (TPSA) is 157 Å². The molecule has 1 aliphatic carbocycles. The molecule has 1 aromatic carbocycles. The number of aryl methyl sites for hydroxylation is 2. The minimum absolute atomic E-state index is 0.181. The zero-order chi connectivity index (χ0) is 27.3. The second kappa shape index (κ2) is 11.9. The molecular formula is C27H33N5O5S. The van der Waals surface area contributed by atoms with Crippen molar-refractivity contribution in [2.45, 2.75) is 63.4 Å². The van der Waals surface area contributed by atoms with E-state index in [1.54, 1.807) is 6.07 Å². The van der Waals surface area contributed by atoms with Gasteiger partial charge in [-0.2, -0.15) is 13.4 Å². The number of carbonyl (C=O) groups is 1. The minimum Gasteiger partial charge on any atom is -0.478 e. The van der Waals surface area contributed by atoms with Crippen LogP contribution in [0.3, 0.4) is 0 Å². The number of anilines is 1. The monoisotopic (exact) mass is 539 g/mol. The Kier molecular flexibility index (Phi) is 8.58. The van der Waals surface area contributed by atoms with Gasteiger partial charge in [-0.3, -0.25) is 0 Å². The van der Waals surface area contributed by atoms with Gasteiger partial charge in [-0.05, 0) is 49.4 Å². The summed E-state index contributed by atoms with van der Waals surface area (Å²) in [5.41, 5.74) is 9.38. The molecule has 11 heteroatoms. The van der Waals surface area contributed by atoms with Gasteiger partial charge < -0.3 is 15.6 Å². The van der Waals surface area contributed by atoms with Crippen molar-refractivity contribution >= 4 is 21.9 Å². The highest BCUT2D eigenvalue weighted by atomic mass is 32.2. The molecule has 1 fully saturated rings. The number of aromatic nitrogens is 3. The molecule has 0 aliphatic heterocycles. The van der Waals surface area contributed by atoms with Crippen LogP contribution in [0.4, 0.5) is 5.95 Å². The van der Waals surface area contributed by atoms with E-state index in [9.17, 15) is 18.3 Å². The van der Waals surface area contributed by atoms with Crippen LogP contribution in [-0.2, 0) is 10.0 Å². The van der Waals surface area contributed by atoms with Crippen molar-refractivity contribution in [2.75, 3.05) is 11.3 Å². The number of carboxylic acids is 1. The SMILES string of the molecule is Cc1cccc(C)c1-c1cc(OCC(N)CC2CCCCC2)nc(NS(=O)(=O)c2cc(C(=O)O)ccn2)n1. The van der Waals surface area contributed by atoms with Crippen molar-refractivity contribution in [3.05, 3.63) is 59.3 Å². The van der Waals surface area contributed by atoms with Crippen LogP contribution in [0.25, 0.3) is 11.3 Å². The molecule has 3 aromatic rings. The van der Waals surface area contributed by atoms with Gasteiger partial charge in [0.2, 0.25) is 11.8 Å². The molecule has 1 unspecified atom stereocenters. The highest BCUT2D eigenvalue weighted by molar-refractivity contribution is 7.92. The average Bonchev–Trinajstić information content (AvgIpc) is 2.88. The first-order valence-corrected chi connectivity index (χ1v) is 14.2. The summed E-state index contributed by atoms with van der Waals surface area (Å²) in [5, 5.41) is 8.77. The lowest BCUT2D eigenvalue weighted by Gasteiger charge is -2.24. The third-order valence-corrected chi connectivity index (χ3v) is 7.95. The lowest BCUT2D eigenvalue weighted by molar-refractivity contribution is 0.0696. The maximum atomic E-state index is 13.0. The van der Waals surface area contributed by atoms with Crippen LogP contribution in [0.2, 0.25) is 0 Å². The Morgan fingerprint density at radius 1 is 1.13 bits per heavy atom. The molecule has 38 heavy (non-hydrogen) atoms. The van der Waals surface area contributed by atoms with Crippen LogP contribution < -0.4 is 15.2 Å². The number of hydrogen-bond acceptors (Lipinski definition) is 8. The number of sulfonamides is 1. The number of hydrogen-bond donors (Lipinski definition) is 3. The molecule has 0 radical (unpaired) electrons. The number of nitrogens with two attached hydrogens (primary N) is 1. The zero-order valence-electron chi connectivity index (χ0n) is 21.6. The predicted molar refractivity (Wildman–Crippen MR) is 144 cm³/mol. The Morgan fingerprint density at radius 2 is 1.84 bits per heavy atom. The van der Waals surface area contributed by atoms with Crippen LogP contribution >= 0.6 is 0 Å². The summed E-state index contributed by atoms with van der Waals surface area (Å²) >= 11 is 0. The standard InChI is InChI=1S/C27H33N5O5S/c1-17-7-6-8-18(2)25(17)22-15-23(37-16-21(28)13-19-9-4-3-5-10-19)31-27(30-22)32-38(35,36)24-14-20(26(33)34)11-12-29-24/h6-8,11-12,14-15,19,21H,3-5,9-10,13,16,28H2,1-2H3,(H,33,34)(H,30,31,32). The van der Waals surface area contributed by atoms with Crippen molar-refractivity contribution in [3.63, 3.8) is 0 Å². The van der Waals surface area contributed by atoms with Gasteiger partial charge in [-0.25, -0.2) is 19.5 Å². The summed E-state index contributed by atoms with van der Waals surface area (Å²) in [6, 6.07) is 9.49. The zero-order valence-corrected chi connectivity index (χ0v) is 22.4. The molecule has 202 valence electrons. The van der Waals surface area contributed by atoms with Gasteiger partial charge in [0.05, 0.1) is 11.3 Å². The molecule has 0 spiro atoms. The van der Waals surface area contributed by atoms with Crippen molar-refractivity contribution in [3.8, 4) is 17.1 Å². The Bertz CT molecular complexity index is 1390. The van der Waals surface area contributed by atoms with Crippen LogP contribution in [0.1, 0.15) is 60.0 Å². The molecule has 1 atom stereocenters. The molecule has 10 nitrogen and oxygen atoms in total. The molecular weight excluding hydrogens is 506 g/mol. The number of nitrogens with zero attached hydrogens (tertiary/aromatic N) is 3. The van der Waals surface area contributed by atoms with E-state index >= 15 is 0 Å². The lowest BCUT2D eigenvalue weighted by atomic mass is 9.85. The van der Waals surface area contributed by atoms with E-state index in [0.29, 0.717) is 11.6 Å². The van der Waals surface area contributed by atoms with E-state index in [0.717, 1.165) is 35.4 Å². The summed E-state index contributed by atoms with van der Waals surface area (Å²) in [4.78, 5) is 23.9. The third kappa shape index (κ3) is 6.84. The number of benzene rings is 1. The highest BCUT2D eigenvalue weighted by Crippen LogP contribution is 2.30. The Hall–Kier alpha value is -3.57. The van der Waals surface area contributed by atoms with Crippen molar-refractivity contribution < 1.29 is 23.1 Å². The average molecular weight is 540 g/mol. The Morgan fingerprint density at radius 3 is 2.53 bits per heavy atom. The second-order valence-corrected chi connectivity index (χ2v) is 11.4. The predicted octanol–water partition coefficient (Wildman–Crippen LogP) is 4.33. The number of pyridine rings is 1. The van der Waals surface area contributed by atoms with E-state index in [2.05, 4.69) is 19.7 Å². The molecule has 2 aromatic heterocycles. The summed E-state index contributed by atoms with van der Waals surface area (Å²) in [5.74, 6) is -0.711. The molecule has 1 saturated carbocycles. The van der Waals surface area contributed by atoms with E-state index in [1.165, 1.54) is 38.2 Å². The van der Waals surface area contributed by atoms with Crippen LogP contribution in [0.5, 0.6) is 5.88 Å². The summed E-state index contributed by atoms with van der Waals surface area (Å²) < 4.78 is 34.4. The third-order valence-electron chi connectivity index (χ3n) is 6.73. The minimum atomic E-state index is -4.29. The van der Waals surface area contributed by atoms with Gasteiger partial charge in [0.15, 0.2) is 5.03 Å². The maximum absolute atomic E-state index is 13.0. The molecule has 4 N–H and O–H groups in total. The van der Waals surface area contributed by atoms with Crippen LogP contribution in [0.15, 0.2) is 47.6 Å². The first-order chi connectivity index (χ1) is 18.1. The molecule has 0 amide bonds. The normalized spacial score (nSPS) is 15.1. The van der Waals surface area contributed by atoms with Gasteiger partial charge in [-0.1, -0.05) is 50.3 Å². The quantitative estimate of drug-likeness (QED) is 0.341. The Balaban J connectivity index is 1.62. The fraction of sp³-hybridized carbons (Fsp3) is 0.407. The molecule has 0 bridgehead atoms. The first-order valence-electron chi connectivity index (χ1n) is 12.7. The van der Waals surface area contributed by atoms with Crippen molar-refractivity contribution in [1.82, 2.24) is 15.0 Å². The lowest BCUT2D eigenvalue weighted by Crippen LogP contribution is -2.31. The van der Waals surface area contributed by atoms with Gasteiger partial charge in [-0.15, -0.1) is 0 Å². The smallest absolute Gasteiger partial charge is 0.335 e. The molecule has 2 heterocycles. The van der Waals surface area contributed by atoms with E-state index in [-0.39, 0.29) is 30.0 Å². The van der Waals surface area contributed by atoms with E-state index < -0.39 is 21.0 Å². The summed E-state index contributed by atoms with van der Waals surface area (Å²) in [7, 11) is -4.29. The largest absolute Gasteiger partial charge is 0.478 e. The molecule has 4 rings (SSSR count). The van der Waals surface area contributed by atoms with E-state index in [1.807, 2.05) is 32.0 Å². The molecule has 1 aliphatic rings. The number of carboxylic acid groups (broad SMARTS) is 1. The Labute approximate surface area is 222 Å². The fourth-order valence-electron chi connectivity index (χ4n) is 4.86. The number of ether oxygens (including phenoxy) is 1. The second-order valence-electron chi connectivity index (χ2n) is 9.79. The highest BCUT2D eigenvalue weighted by Gasteiger charge is 2.22. The number of rotatable bonds is 10. The number of nitrogens with one attached hydrogen (secondary N) is 1. The van der Waals surface area contributed by atoms with Crippen molar-refractivity contribution in [1.29, 1.82) is 0 Å². The first kappa shape index (κ1) is 27.5. The number of aromatic carboxylic acids is 1. The van der Waals surface area contributed by atoms with Gasteiger partial charge in [0.1, 0.15) is 6.61 Å². The summed E-state index contributed by atoms with van der Waals surface area (Å²) in [6.07, 6.45) is 8.09. The summed E-state index contributed by atoms with van der Waals surface area (Å²) in [6.45, 7) is 4.11. The van der Waals surface area contributed by atoms with Crippen molar-refractivity contribution in [2.24, 2.45) is 11.7 Å². The fourth-order valence-corrected chi connectivity index (χ4v) is 5.78. The maximum Gasteiger partial charge on any atom is 0.335 e. The van der Waals surface area contributed by atoms with Crippen LogP contribution in [-0.4, -0.2) is 47.1 Å². The molecule has 0 saturated heterocycles. The van der Waals surface area contributed by atoms with E-state index in [4.69, 9.17) is 10.5 Å². The van der Waals surface area contributed by atoms with Gasteiger partial charge >= 0.3 is 5.97 Å². The van der Waals surface area contributed by atoms with Gasteiger partial charge in [0, 0.05) is 23.9 Å². The van der Waals surface area contributed by atoms with Crippen LogP contribution in [0, 0.1) is 19.8 Å².